The van der Waals surface area contributed by atoms with Gasteiger partial charge in [0.2, 0.25) is 0 Å². The van der Waals surface area contributed by atoms with Crippen molar-refractivity contribution in [3.8, 4) is 0 Å². The molecular formula is C11H16N2O. The minimum Gasteiger partial charge on any atom is -0.357 e. The molecule has 14 heavy (non-hydrogen) atoms. The summed E-state index contributed by atoms with van der Waals surface area (Å²) in [6, 6.07) is 0. The van der Waals surface area contributed by atoms with Gasteiger partial charge in [-0.25, -0.2) is 4.99 Å². The van der Waals surface area contributed by atoms with Gasteiger partial charge in [-0.05, 0) is 26.3 Å². The van der Waals surface area contributed by atoms with Crippen LogP contribution >= 0.6 is 0 Å². The van der Waals surface area contributed by atoms with Crippen molar-refractivity contribution in [3.05, 3.63) is 24.4 Å². The first-order chi connectivity index (χ1) is 6.65. The summed E-state index contributed by atoms with van der Waals surface area (Å²) >= 11 is 0. The van der Waals surface area contributed by atoms with Crippen molar-refractivity contribution < 1.29 is 4.79 Å². The van der Waals surface area contributed by atoms with E-state index in [4.69, 9.17) is 0 Å². The first-order valence-corrected chi connectivity index (χ1v) is 4.78. The highest BCUT2D eigenvalue weighted by Crippen LogP contribution is 2.08. The number of Topliss-reactive ketones (excluding diaryl/α,β-unsaturated/α-hetero) is 1. The van der Waals surface area contributed by atoms with Gasteiger partial charge < -0.3 is 4.90 Å². The Kier molecular flexibility index (Phi) is 3.63. The van der Waals surface area contributed by atoms with Crippen LogP contribution in [0.1, 0.15) is 20.3 Å². The molecule has 76 valence electrons. The molecule has 0 aromatic carbocycles. The van der Waals surface area contributed by atoms with Crippen molar-refractivity contribution in [1.29, 1.82) is 0 Å². The second-order valence-electron chi connectivity index (χ2n) is 3.40. The Balaban J connectivity index is 2.68. The number of hydrogen-bond acceptors (Lipinski definition) is 2. The van der Waals surface area contributed by atoms with E-state index in [1.54, 1.807) is 26.1 Å². The molecule has 3 nitrogen and oxygen atoms in total. The van der Waals surface area contributed by atoms with Crippen LogP contribution in [0, 0.1) is 0 Å². The minimum atomic E-state index is 0.0563. The van der Waals surface area contributed by atoms with Crippen LogP contribution in [0.4, 0.5) is 0 Å². The van der Waals surface area contributed by atoms with E-state index in [9.17, 15) is 4.79 Å². The van der Waals surface area contributed by atoms with Gasteiger partial charge in [-0.1, -0.05) is 6.58 Å². The van der Waals surface area contributed by atoms with Gasteiger partial charge in [-0.3, -0.25) is 4.79 Å². The number of likely N-dealkylation sites (tertiary alicyclic amines) is 1. The number of amidine groups is 1. The molecule has 0 atom stereocenters. The Labute approximate surface area is 84.8 Å². The zero-order valence-corrected chi connectivity index (χ0v) is 8.79. The molecule has 0 saturated carbocycles. The van der Waals surface area contributed by atoms with E-state index >= 15 is 0 Å². The summed E-state index contributed by atoms with van der Waals surface area (Å²) in [6.45, 7) is 9.09. The lowest BCUT2D eigenvalue weighted by Crippen LogP contribution is -2.41. The second-order valence-corrected chi connectivity index (χ2v) is 3.40. The first kappa shape index (κ1) is 10.7. The predicted molar refractivity (Wildman–Crippen MR) is 58.3 cm³/mol. The molecule has 0 spiro atoms. The highest BCUT2D eigenvalue weighted by molar-refractivity contribution is 5.95. The zero-order valence-electron chi connectivity index (χ0n) is 8.79. The summed E-state index contributed by atoms with van der Waals surface area (Å²) in [5.74, 6) is 0.914. The summed E-state index contributed by atoms with van der Waals surface area (Å²) in [6.07, 6.45) is 4.54. The van der Waals surface area contributed by atoms with E-state index in [1.807, 2.05) is 0 Å². The van der Waals surface area contributed by atoms with E-state index < -0.39 is 0 Å². The van der Waals surface area contributed by atoms with Gasteiger partial charge in [-0.2, -0.15) is 0 Å². The average Bonchev–Trinajstić information content (AvgIpc) is 2.07. The minimum absolute atomic E-state index is 0.0563. The fraction of sp³-hybridized carbons (Fsp3) is 0.455. The molecule has 1 aliphatic heterocycles. The van der Waals surface area contributed by atoms with E-state index in [-0.39, 0.29) is 5.78 Å². The molecule has 1 rings (SSSR count). The molecule has 1 heterocycles. The van der Waals surface area contributed by atoms with Crippen molar-refractivity contribution in [2.75, 3.05) is 13.1 Å². The van der Waals surface area contributed by atoms with Gasteiger partial charge in [0.05, 0.1) is 0 Å². The number of carbonyl (C=O) groups excluding carboxylic acids is 1. The third-order valence-electron chi connectivity index (χ3n) is 2.31. The maximum atomic E-state index is 10.9. The highest BCUT2D eigenvalue weighted by Gasteiger charge is 2.15. The van der Waals surface area contributed by atoms with Gasteiger partial charge in [0, 0.05) is 24.9 Å². The summed E-state index contributed by atoms with van der Waals surface area (Å²) < 4.78 is 0. The summed E-state index contributed by atoms with van der Waals surface area (Å²) in [7, 11) is 0. The lowest BCUT2D eigenvalue weighted by molar-refractivity contribution is -0.113. The van der Waals surface area contributed by atoms with Crippen LogP contribution in [0.2, 0.25) is 0 Å². The lowest BCUT2D eigenvalue weighted by atomic mass is 10.2. The van der Waals surface area contributed by atoms with Crippen LogP contribution in [-0.2, 0) is 4.79 Å². The van der Waals surface area contributed by atoms with Crippen molar-refractivity contribution in [1.82, 2.24) is 4.90 Å². The third-order valence-corrected chi connectivity index (χ3v) is 2.31. The third kappa shape index (κ3) is 2.55. The normalized spacial score (nSPS) is 17.7. The van der Waals surface area contributed by atoms with E-state index in [0.29, 0.717) is 5.57 Å². The zero-order chi connectivity index (χ0) is 10.6. The first-order valence-electron chi connectivity index (χ1n) is 4.78. The number of rotatable bonds is 3. The number of hydrogen-bond donors (Lipinski definition) is 0. The summed E-state index contributed by atoms with van der Waals surface area (Å²) in [5, 5.41) is 0. The number of ketones is 1. The van der Waals surface area contributed by atoms with E-state index in [0.717, 1.165) is 18.9 Å². The second kappa shape index (κ2) is 4.74. The molecule has 0 aromatic heterocycles. The number of aliphatic imine (C=N–C) groups is 1. The maximum Gasteiger partial charge on any atom is 0.157 e. The lowest BCUT2D eigenvalue weighted by Gasteiger charge is -2.32. The fourth-order valence-corrected chi connectivity index (χ4v) is 1.06. The van der Waals surface area contributed by atoms with Crippen LogP contribution in [0.3, 0.4) is 0 Å². The van der Waals surface area contributed by atoms with Crippen molar-refractivity contribution in [2.45, 2.75) is 20.3 Å². The van der Waals surface area contributed by atoms with Crippen LogP contribution in [0.15, 0.2) is 29.4 Å². The molecule has 0 N–H and O–H groups in total. The fourth-order valence-electron chi connectivity index (χ4n) is 1.06. The van der Waals surface area contributed by atoms with Gasteiger partial charge in [0.1, 0.15) is 5.84 Å². The monoisotopic (exact) mass is 192 g/mol. The predicted octanol–water partition coefficient (Wildman–Crippen LogP) is 1.77. The molecule has 0 amide bonds. The van der Waals surface area contributed by atoms with Crippen molar-refractivity contribution >= 4 is 11.6 Å². The smallest absolute Gasteiger partial charge is 0.157 e. The molecule has 0 aliphatic carbocycles. The van der Waals surface area contributed by atoms with Crippen LogP contribution in [0.25, 0.3) is 0 Å². The highest BCUT2D eigenvalue weighted by atomic mass is 16.1. The van der Waals surface area contributed by atoms with Crippen molar-refractivity contribution in [3.63, 3.8) is 0 Å². The molecule has 0 radical (unpaired) electrons. The Bertz CT molecular complexity index is 298. The Hall–Kier alpha value is -1.38. The Morgan fingerprint density at radius 1 is 1.43 bits per heavy atom. The SMILES string of the molecule is C=CC(=N/C=C(\C)C(C)=O)N1CCC1. The average molecular weight is 192 g/mol. The Morgan fingerprint density at radius 3 is 2.43 bits per heavy atom. The largest absolute Gasteiger partial charge is 0.357 e. The molecule has 1 aliphatic rings. The summed E-state index contributed by atoms with van der Waals surface area (Å²) in [5.41, 5.74) is 0.671. The van der Waals surface area contributed by atoms with Crippen LogP contribution in [-0.4, -0.2) is 29.6 Å². The molecule has 0 bridgehead atoms. The van der Waals surface area contributed by atoms with Crippen LogP contribution < -0.4 is 0 Å². The van der Waals surface area contributed by atoms with Gasteiger partial charge in [0.25, 0.3) is 0 Å². The molecular weight excluding hydrogens is 176 g/mol. The molecule has 1 saturated heterocycles. The van der Waals surface area contributed by atoms with Crippen LogP contribution in [0.5, 0.6) is 0 Å². The number of allylic oxidation sites excluding steroid dienone is 1. The molecule has 0 unspecified atom stereocenters. The number of nitrogens with zero attached hydrogens (tertiary/aromatic N) is 2. The standard InChI is InChI=1S/C11H16N2O/c1-4-11(13-6-5-7-13)12-8-9(2)10(3)14/h4,8H,1,5-7H2,2-3H3/b9-8+,12-11?. The Morgan fingerprint density at radius 2 is 2.07 bits per heavy atom. The van der Waals surface area contributed by atoms with E-state index in [1.165, 1.54) is 6.42 Å². The quantitative estimate of drug-likeness (QED) is 0.388. The van der Waals surface area contributed by atoms with Gasteiger partial charge in [-0.15, -0.1) is 0 Å². The van der Waals surface area contributed by atoms with Crippen molar-refractivity contribution in [2.24, 2.45) is 4.99 Å². The van der Waals surface area contributed by atoms with Gasteiger partial charge >= 0.3 is 0 Å². The molecule has 3 heteroatoms. The summed E-state index contributed by atoms with van der Waals surface area (Å²) in [4.78, 5) is 17.3. The molecule has 0 aromatic rings. The molecule has 1 fully saturated rings. The maximum absolute atomic E-state index is 10.9. The van der Waals surface area contributed by atoms with Gasteiger partial charge in [0.15, 0.2) is 5.78 Å². The van der Waals surface area contributed by atoms with E-state index in [2.05, 4.69) is 16.5 Å². The number of carbonyl (C=O) groups is 1. The topological polar surface area (TPSA) is 32.7 Å².